The van der Waals surface area contributed by atoms with E-state index in [-0.39, 0.29) is 17.9 Å². The molecule has 3 aliphatic heterocycles. The Labute approximate surface area is 213 Å². The molecule has 0 unspecified atom stereocenters. The van der Waals surface area contributed by atoms with Crippen molar-refractivity contribution in [2.24, 2.45) is 0 Å². The summed E-state index contributed by atoms with van der Waals surface area (Å²) in [6, 6.07) is 11.1. The Hall–Kier alpha value is -3.10. The Morgan fingerprint density at radius 1 is 1.00 bits per heavy atom. The standard InChI is InChI=1S/C28H36N4O4/c1-30-13-15-31(16-14-30)11-6-10-29-27(33)25-20-7-4-5-8-21(20)28(34)32-12-9-19-17-23(35-2)24(36-3)18-22(19)26(25)32/h4-5,7-8,17-18,25-26H,6,9-16H2,1-3H3,(H,29,33)/t25-,26-/m0/s1. The number of hydrogen-bond acceptors (Lipinski definition) is 6. The van der Waals surface area contributed by atoms with Crippen LogP contribution in [0.5, 0.6) is 11.5 Å². The molecule has 8 nitrogen and oxygen atoms in total. The summed E-state index contributed by atoms with van der Waals surface area (Å²) < 4.78 is 11.1. The molecule has 5 rings (SSSR count). The maximum atomic E-state index is 13.8. The van der Waals surface area contributed by atoms with Crippen molar-refractivity contribution in [1.29, 1.82) is 0 Å². The second kappa shape index (κ2) is 10.5. The van der Waals surface area contributed by atoms with E-state index in [1.54, 1.807) is 14.2 Å². The van der Waals surface area contributed by atoms with E-state index >= 15 is 0 Å². The number of fused-ring (bicyclic) bond motifs is 4. The molecule has 36 heavy (non-hydrogen) atoms. The molecule has 0 radical (unpaired) electrons. The molecule has 1 fully saturated rings. The lowest BCUT2D eigenvalue weighted by molar-refractivity contribution is -0.124. The van der Waals surface area contributed by atoms with Gasteiger partial charge in [-0.3, -0.25) is 9.59 Å². The van der Waals surface area contributed by atoms with Crippen molar-refractivity contribution in [3.8, 4) is 11.5 Å². The highest BCUT2D eigenvalue weighted by molar-refractivity contribution is 6.01. The van der Waals surface area contributed by atoms with Crippen molar-refractivity contribution in [1.82, 2.24) is 20.0 Å². The van der Waals surface area contributed by atoms with Gasteiger partial charge in [0, 0.05) is 44.8 Å². The Balaban J connectivity index is 1.40. The fourth-order valence-electron chi connectivity index (χ4n) is 5.83. The van der Waals surface area contributed by atoms with Crippen molar-refractivity contribution in [3.63, 3.8) is 0 Å². The summed E-state index contributed by atoms with van der Waals surface area (Å²) in [5.41, 5.74) is 3.46. The SMILES string of the molecule is COc1cc2c(cc1OC)[C@H]1[C@@H](C(=O)NCCCN3CCN(C)CC3)c3ccccc3C(=O)N1CC2. The van der Waals surface area contributed by atoms with Crippen LogP contribution < -0.4 is 14.8 Å². The van der Waals surface area contributed by atoms with Crippen molar-refractivity contribution in [2.75, 3.05) is 67.1 Å². The quantitative estimate of drug-likeness (QED) is 0.598. The van der Waals surface area contributed by atoms with Crippen LogP contribution in [0.1, 0.15) is 45.4 Å². The number of ether oxygens (including phenoxy) is 2. The summed E-state index contributed by atoms with van der Waals surface area (Å²) in [4.78, 5) is 33.9. The minimum Gasteiger partial charge on any atom is -0.493 e. The first-order valence-corrected chi connectivity index (χ1v) is 12.8. The molecule has 0 spiro atoms. The third-order valence-electron chi connectivity index (χ3n) is 7.85. The molecular formula is C28H36N4O4. The largest absolute Gasteiger partial charge is 0.493 e. The van der Waals surface area contributed by atoms with Gasteiger partial charge in [0.2, 0.25) is 5.91 Å². The summed E-state index contributed by atoms with van der Waals surface area (Å²) in [5, 5.41) is 3.20. The van der Waals surface area contributed by atoms with Crippen LogP contribution in [0.2, 0.25) is 0 Å². The molecule has 8 heteroatoms. The number of nitrogens with one attached hydrogen (secondary N) is 1. The van der Waals surface area contributed by atoms with Crippen LogP contribution in [0, 0.1) is 0 Å². The van der Waals surface area contributed by atoms with Gasteiger partial charge in [-0.2, -0.15) is 0 Å². The van der Waals surface area contributed by atoms with E-state index < -0.39 is 5.92 Å². The molecule has 0 aromatic heterocycles. The zero-order valence-electron chi connectivity index (χ0n) is 21.5. The maximum absolute atomic E-state index is 13.8. The van der Waals surface area contributed by atoms with Crippen LogP contribution in [0.15, 0.2) is 36.4 Å². The lowest BCUT2D eigenvalue weighted by Gasteiger charge is -2.45. The van der Waals surface area contributed by atoms with Gasteiger partial charge in [0.1, 0.15) is 0 Å². The van der Waals surface area contributed by atoms with Gasteiger partial charge in [-0.25, -0.2) is 0 Å². The van der Waals surface area contributed by atoms with Crippen molar-refractivity contribution in [2.45, 2.75) is 24.8 Å². The minimum atomic E-state index is -0.486. The van der Waals surface area contributed by atoms with Crippen LogP contribution in [-0.2, 0) is 11.2 Å². The van der Waals surface area contributed by atoms with Crippen LogP contribution in [0.25, 0.3) is 0 Å². The number of nitrogens with zero attached hydrogens (tertiary/aromatic N) is 3. The highest BCUT2D eigenvalue weighted by atomic mass is 16.5. The van der Waals surface area contributed by atoms with E-state index in [0.717, 1.165) is 55.8 Å². The average molecular weight is 493 g/mol. The molecule has 2 amide bonds. The fraction of sp³-hybridized carbons (Fsp3) is 0.500. The summed E-state index contributed by atoms with van der Waals surface area (Å²) in [5.74, 6) is 0.730. The molecule has 3 heterocycles. The molecule has 2 aromatic rings. The van der Waals surface area contributed by atoms with Gasteiger partial charge >= 0.3 is 0 Å². The Bertz CT molecular complexity index is 1130. The molecule has 192 valence electrons. The van der Waals surface area contributed by atoms with Gasteiger partial charge in [-0.05, 0) is 61.3 Å². The Kier molecular flexibility index (Phi) is 7.16. The highest BCUT2D eigenvalue weighted by Gasteiger charge is 2.46. The zero-order valence-corrected chi connectivity index (χ0v) is 21.5. The number of carbonyl (C=O) groups is 2. The molecule has 2 aromatic carbocycles. The van der Waals surface area contributed by atoms with E-state index in [9.17, 15) is 9.59 Å². The van der Waals surface area contributed by atoms with E-state index in [2.05, 4.69) is 22.2 Å². The fourth-order valence-corrected chi connectivity index (χ4v) is 5.83. The molecule has 1 saturated heterocycles. The van der Waals surface area contributed by atoms with Crippen LogP contribution in [-0.4, -0.2) is 93.6 Å². The predicted octanol–water partition coefficient (Wildman–Crippen LogP) is 2.29. The topological polar surface area (TPSA) is 74.4 Å². The van der Waals surface area contributed by atoms with Gasteiger partial charge in [0.15, 0.2) is 11.5 Å². The molecule has 3 aliphatic rings. The monoisotopic (exact) mass is 492 g/mol. The van der Waals surface area contributed by atoms with Gasteiger partial charge in [0.25, 0.3) is 5.91 Å². The predicted molar refractivity (Wildman–Crippen MR) is 138 cm³/mol. The van der Waals surface area contributed by atoms with Gasteiger partial charge < -0.3 is 29.5 Å². The third kappa shape index (κ3) is 4.55. The van der Waals surface area contributed by atoms with Crippen LogP contribution in [0.3, 0.4) is 0 Å². The van der Waals surface area contributed by atoms with Gasteiger partial charge in [-0.15, -0.1) is 0 Å². The third-order valence-corrected chi connectivity index (χ3v) is 7.85. The molecule has 0 bridgehead atoms. The van der Waals surface area contributed by atoms with E-state index in [1.807, 2.05) is 41.3 Å². The van der Waals surface area contributed by atoms with Crippen molar-refractivity contribution in [3.05, 3.63) is 58.7 Å². The minimum absolute atomic E-state index is 0.0184. The summed E-state index contributed by atoms with van der Waals surface area (Å²) in [6.45, 7) is 6.47. The number of benzene rings is 2. The number of piperazine rings is 1. The number of amides is 2. The first-order valence-electron chi connectivity index (χ1n) is 12.8. The number of likely N-dealkylation sites (N-methyl/N-ethyl adjacent to an activating group) is 1. The molecule has 2 atom stereocenters. The summed E-state index contributed by atoms with van der Waals surface area (Å²) >= 11 is 0. The molecular weight excluding hydrogens is 456 g/mol. The Morgan fingerprint density at radius 2 is 1.72 bits per heavy atom. The van der Waals surface area contributed by atoms with E-state index in [0.29, 0.717) is 36.6 Å². The van der Waals surface area contributed by atoms with Gasteiger partial charge in [-0.1, -0.05) is 18.2 Å². The lowest BCUT2D eigenvalue weighted by atomic mass is 9.75. The van der Waals surface area contributed by atoms with Gasteiger partial charge in [0.05, 0.1) is 26.2 Å². The normalized spacial score (nSPS) is 21.9. The molecule has 0 aliphatic carbocycles. The smallest absolute Gasteiger partial charge is 0.254 e. The van der Waals surface area contributed by atoms with E-state index in [1.165, 1.54) is 0 Å². The second-order valence-corrected chi connectivity index (χ2v) is 9.95. The summed E-state index contributed by atoms with van der Waals surface area (Å²) in [7, 11) is 5.39. The average Bonchev–Trinajstić information content (AvgIpc) is 2.91. The Morgan fingerprint density at radius 3 is 2.47 bits per heavy atom. The van der Waals surface area contributed by atoms with Crippen molar-refractivity contribution >= 4 is 11.8 Å². The zero-order chi connectivity index (χ0) is 25.2. The van der Waals surface area contributed by atoms with Crippen molar-refractivity contribution < 1.29 is 19.1 Å². The second-order valence-electron chi connectivity index (χ2n) is 9.95. The molecule has 0 saturated carbocycles. The molecule has 1 N–H and O–H groups in total. The number of carbonyl (C=O) groups excluding carboxylic acids is 2. The van der Waals surface area contributed by atoms with Crippen LogP contribution in [0.4, 0.5) is 0 Å². The van der Waals surface area contributed by atoms with E-state index in [4.69, 9.17) is 9.47 Å². The van der Waals surface area contributed by atoms with Crippen LogP contribution >= 0.6 is 0 Å². The lowest BCUT2D eigenvalue weighted by Crippen LogP contribution is -2.50. The number of hydrogen-bond donors (Lipinski definition) is 1. The first kappa shape index (κ1) is 24.6. The summed E-state index contributed by atoms with van der Waals surface area (Å²) in [6.07, 6.45) is 1.61. The maximum Gasteiger partial charge on any atom is 0.254 e. The number of rotatable bonds is 7. The first-order chi connectivity index (χ1) is 17.5. The number of methoxy groups -OCH3 is 2. The highest BCUT2D eigenvalue weighted by Crippen LogP contribution is 2.48.